The van der Waals surface area contributed by atoms with Gasteiger partial charge in [0.15, 0.2) is 5.60 Å². The molecule has 29 heavy (non-hydrogen) atoms. The van der Waals surface area contributed by atoms with Crippen molar-refractivity contribution in [2.75, 3.05) is 19.7 Å². The van der Waals surface area contributed by atoms with Crippen LogP contribution in [0.5, 0.6) is 0 Å². The number of hydrogen-bond donors (Lipinski definition) is 1. The van der Waals surface area contributed by atoms with Crippen LogP contribution in [0.4, 0.5) is 0 Å². The number of hydrogen-bond acceptors (Lipinski definition) is 3. The van der Waals surface area contributed by atoms with Crippen molar-refractivity contribution in [2.24, 2.45) is 0 Å². The summed E-state index contributed by atoms with van der Waals surface area (Å²) in [5, 5.41) is 2.98. The van der Waals surface area contributed by atoms with Crippen LogP contribution in [0.25, 0.3) is 11.1 Å². The second-order valence-electron chi connectivity index (χ2n) is 8.15. The van der Waals surface area contributed by atoms with Gasteiger partial charge >= 0.3 is 0 Å². The lowest BCUT2D eigenvalue weighted by molar-refractivity contribution is -0.165. The molecule has 0 radical (unpaired) electrons. The Balaban J connectivity index is 1.91. The molecule has 1 aliphatic heterocycles. The lowest BCUT2D eigenvalue weighted by Crippen LogP contribution is -2.62. The molecule has 5 nitrogen and oxygen atoms in total. The molecule has 1 fully saturated rings. The Kier molecular flexibility index (Phi) is 6.38. The molecule has 1 atom stereocenters. The molecule has 154 valence electrons. The molecule has 2 aromatic carbocycles. The van der Waals surface area contributed by atoms with Crippen LogP contribution in [0.2, 0.25) is 0 Å². The SMILES string of the molecule is CC(=O)N1CCO[C@](Cc2cccc(-c3ccc(C)cc3)c2)(C(=O)NC(C)C)C1. The van der Waals surface area contributed by atoms with Crippen LogP contribution < -0.4 is 5.32 Å². The van der Waals surface area contributed by atoms with Crippen LogP contribution in [-0.2, 0) is 20.7 Å². The van der Waals surface area contributed by atoms with E-state index in [1.54, 1.807) is 4.90 Å². The highest BCUT2D eigenvalue weighted by molar-refractivity contribution is 5.87. The first-order chi connectivity index (χ1) is 13.8. The predicted octanol–water partition coefficient (Wildman–Crippen LogP) is 3.35. The Bertz CT molecular complexity index is 876. The van der Waals surface area contributed by atoms with Crippen LogP contribution in [0.3, 0.4) is 0 Å². The minimum Gasteiger partial charge on any atom is -0.361 e. The Morgan fingerprint density at radius 1 is 1.14 bits per heavy atom. The maximum atomic E-state index is 13.1. The van der Waals surface area contributed by atoms with Gasteiger partial charge in [0.1, 0.15) is 0 Å². The van der Waals surface area contributed by atoms with Gasteiger partial charge in [-0.15, -0.1) is 0 Å². The summed E-state index contributed by atoms with van der Waals surface area (Å²) >= 11 is 0. The monoisotopic (exact) mass is 394 g/mol. The summed E-state index contributed by atoms with van der Waals surface area (Å²) in [5.74, 6) is -0.206. The van der Waals surface area contributed by atoms with E-state index >= 15 is 0 Å². The van der Waals surface area contributed by atoms with E-state index in [0.29, 0.717) is 19.6 Å². The molecule has 1 N–H and O–H groups in total. The number of carbonyl (C=O) groups excluding carboxylic acids is 2. The molecule has 2 aromatic rings. The van der Waals surface area contributed by atoms with Crippen molar-refractivity contribution < 1.29 is 14.3 Å². The van der Waals surface area contributed by atoms with Gasteiger partial charge in [0, 0.05) is 25.9 Å². The molecule has 0 saturated carbocycles. The number of amides is 2. The molecule has 1 saturated heterocycles. The van der Waals surface area contributed by atoms with Gasteiger partial charge in [0.2, 0.25) is 5.91 Å². The van der Waals surface area contributed by atoms with Crippen molar-refractivity contribution in [1.29, 1.82) is 0 Å². The van der Waals surface area contributed by atoms with Gasteiger partial charge in [0.05, 0.1) is 13.2 Å². The van der Waals surface area contributed by atoms with Gasteiger partial charge < -0.3 is 15.0 Å². The average Bonchev–Trinajstić information content (AvgIpc) is 2.68. The molecular weight excluding hydrogens is 364 g/mol. The van der Waals surface area contributed by atoms with E-state index in [1.165, 1.54) is 12.5 Å². The summed E-state index contributed by atoms with van der Waals surface area (Å²) in [4.78, 5) is 26.8. The summed E-state index contributed by atoms with van der Waals surface area (Å²) in [6.07, 6.45) is 0.412. The zero-order valence-electron chi connectivity index (χ0n) is 17.7. The first-order valence-corrected chi connectivity index (χ1v) is 10.2. The van der Waals surface area contributed by atoms with Crippen molar-refractivity contribution in [3.8, 4) is 11.1 Å². The fourth-order valence-electron chi connectivity index (χ4n) is 3.71. The van der Waals surface area contributed by atoms with Crippen molar-refractivity contribution >= 4 is 11.8 Å². The van der Waals surface area contributed by atoms with E-state index in [0.717, 1.165) is 16.7 Å². The lowest BCUT2D eigenvalue weighted by Gasteiger charge is -2.41. The zero-order valence-corrected chi connectivity index (χ0v) is 17.7. The molecule has 1 aliphatic rings. The maximum Gasteiger partial charge on any atom is 0.254 e. The third-order valence-corrected chi connectivity index (χ3v) is 5.27. The molecule has 0 aromatic heterocycles. The highest BCUT2D eigenvalue weighted by Crippen LogP contribution is 2.27. The molecule has 3 rings (SSSR count). The molecule has 0 aliphatic carbocycles. The summed E-state index contributed by atoms with van der Waals surface area (Å²) in [6, 6.07) is 16.6. The zero-order chi connectivity index (χ0) is 21.0. The minimum atomic E-state index is -1.08. The van der Waals surface area contributed by atoms with Crippen molar-refractivity contribution in [2.45, 2.75) is 45.8 Å². The van der Waals surface area contributed by atoms with Gasteiger partial charge in [-0.3, -0.25) is 9.59 Å². The highest BCUT2D eigenvalue weighted by atomic mass is 16.5. The smallest absolute Gasteiger partial charge is 0.254 e. The third kappa shape index (κ3) is 5.04. The van der Waals surface area contributed by atoms with Crippen molar-refractivity contribution in [3.63, 3.8) is 0 Å². The molecule has 0 spiro atoms. The number of nitrogens with one attached hydrogen (secondary N) is 1. The van der Waals surface area contributed by atoms with Crippen LogP contribution in [0.1, 0.15) is 31.9 Å². The Morgan fingerprint density at radius 2 is 1.86 bits per heavy atom. The normalized spacial score (nSPS) is 19.3. The van der Waals surface area contributed by atoms with E-state index in [1.807, 2.05) is 26.0 Å². The van der Waals surface area contributed by atoms with Gasteiger partial charge in [-0.2, -0.15) is 0 Å². The van der Waals surface area contributed by atoms with Crippen molar-refractivity contribution in [3.05, 3.63) is 59.7 Å². The van der Waals surface area contributed by atoms with E-state index < -0.39 is 5.60 Å². The molecule has 2 amide bonds. The molecule has 1 heterocycles. The number of carbonyl (C=O) groups is 2. The fraction of sp³-hybridized carbons (Fsp3) is 0.417. The Morgan fingerprint density at radius 3 is 2.52 bits per heavy atom. The van der Waals surface area contributed by atoms with Gasteiger partial charge in [-0.25, -0.2) is 0 Å². The topological polar surface area (TPSA) is 58.6 Å². The van der Waals surface area contributed by atoms with E-state index in [9.17, 15) is 9.59 Å². The number of ether oxygens (including phenoxy) is 1. The number of nitrogens with zero attached hydrogens (tertiary/aromatic N) is 1. The second-order valence-corrected chi connectivity index (χ2v) is 8.15. The number of morpholine rings is 1. The van der Waals surface area contributed by atoms with Crippen LogP contribution in [0, 0.1) is 6.92 Å². The molecule has 5 heteroatoms. The van der Waals surface area contributed by atoms with Crippen LogP contribution in [-0.4, -0.2) is 48.1 Å². The first-order valence-electron chi connectivity index (χ1n) is 10.2. The molecular formula is C24H30N2O3. The van der Waals surface area contributed by atoms with Crippen LogP contribution in [0.15, 0.2) is 48.5 Å². The largest absolute Gasteiger partial charge is 0.361 e. The number of aryl methyl sites for hydroxylation is 1. The number of benzene rings is 2. The third-order valence-electron chi connectivity index (χ3n) is 5.27. The maximum absolute atomic E-state index is 13.1. The standard InChI is InChI=1S/C24H30N2O3/c1-17(2)25-23(28)24(16-26(19(4)27)12-13-29-24)15-20-6-5-7-22(14-20)21-10-8-18(3)9-11-21/h5-11,14,17H,12-13,15-16H2,1-4H3,(H,25,28)/t24-/m0/s1. The minimum absolute atomic E-state index is 0.00503. The Hall–Kier alpha value is -2.66. The predicted molar refractivity (Wildman–Crippen MR) is 115 cm³/mol. The van der Waals surface area contributed by atoms with Crippen LogP contribution >= 0.6 is 0 Å². The summed E-state index contributed by atoms with van der Waals surface area (Å²) < 4.78 is 6.07. The molecule has 0 bridgehead atoms. The second kappa shape index (κ2) is 8.78. The molecule has 0 unspecified atom stereocenters. The van der Waals surface area contributed by atoms with E-state index in [-0.39, 0.29) is 24.4 Å². The van der Waals surface area contributed by atoms with Gasteiger partial charge in [-0.1, -0.05) is 54.1 Å². The fourth-order valence-corrected chi connectivity index (χ4v) is 3.71. The highest BCUT2D eigenvalue weighted by Gasteiger charge is 2.44. The first kappa shape index (κ1) is 21.1. The average molecular weight is 395 g/mol. The lowest BCUT2D eigenvalue weighted by atomic mass is 9.89. The summed E-state index contributed by atoms with van der Waals surface area (Å²) in [6.45, 7) is 8.57. The summed E-state index contributed by atoms with van der Waals surface area (Å²) in [5.41, 5.74) is 3.37. The summed E-state index contributed by atoms with van der Waals surface area (Å²) in [7, 11) is 0. The Labute approximate surface area is 173 Å². The van der Waals surface area contributed by atoms with Gasteiger partial charge in [-0.05, 0) is 37.5 Å². The quantitative estimate of drug-likeness (QED) is 0.846. The van der Waals surface area contributed by atoms with E-state index in [4.69, 9.17) is 4.74 Å². The van der Waals surface area contributed by atoms with Gasteiger partial charge in [0.25, 0.3) is 5.91 Å². The van der Waals surface area contributed by atoms with Crippen molar-refractivity contribution in [1.82, 2.24) is 10.2 Å². The number of rotatable bonds is 5. The van der Waals surface area contributed by atoms with E-state index in [2.05, 4.69) is 48.6 Å².